The Morgan fingerprint density at radius 3 is 1.95 bits per heavy atom. The van der Waals surface area contributed by atoms with Crippen LogP contribution in [-0.2, 0) is 58.7 Å². The van der Waals surface area contributed by atoms with Crippen molar-refractivity contribution in [3.05, 3.63) is 0 Å². The van der Waals surface area contributed by atoms with E-state index >= 15 is 0 Å². The van der Waals surface area contributed by atoms with E-state index in [0.29, 0.717) is 0 Å². The van der Waals surface area contributed by atoms with Crippen LogP contribution in [0.4, 0.5) is 0 Å². The van der Waals surface area contributed by atoms with Crippen LogP contribution in [-0.4, -0.2) is 134 Å². The number of hydrogen-bond donors (Lipinski definition) is 7. The van der Waals surface area contributed by atoms with Gasteiger partial charge in [-0.25, -0.2) is 8.98 Å². The summed E-state index contributed by atoms with van der Waals surface area (Å²) in [6, 6.07) is -1.70. The molecule has 2 aliphatic rings. The predicted molar refractivity (Wildman–Crippen MR) is 133 cm³/mol. The van der Waals surface area contributed by atoms with Crippen molar-refractivity contribution in [3.63, 3.8) is 0 Å². The number of nitrogens with one attached hydrogen (secondary N) is 1. The number of aliphatic hydroxyl groups is 2. The average Bonchev–Trinajstić information content (AvgIpc) is 2.76. The third kappa shape index (κ3) is 10.5. The van der Waals surface area contributed by atoms with Gasteiger partial charge in [-0.1, -0.05) is 13.8 Å². The molecule has 2 saturated heterocycles. The summed E-state index contributed by atoms with van der Waals surface area (Å²) in [5, 5.41) is 31.8. The van der Waals surface area contributed by atoms with Crippen LogP contribution in [0, 0.1) is 11.8 Å². The molecule has 2 fully saturated rings. The lowest BCUT2D eigenvalue weighted by molar-refractivity contribution is -0.324. The van der Waals surface area contributed by atoms with Gasteiger partial charge in [-0.15, -0.1) is 0 Å². The smallest absolute Gasteiger partial charge is 0.397 e. The Hall–Kier alpha value is -1.12. The number of aliphatic hydroxyl groups excluding tert-OH is 2. The van der Waals surface area contributed by atoms with Crippen LogP contribution in [0.15, 0.2) is 0 Å². The zero-order valence-electron chi connectivity index (χ0n) is 22.1. The van der Waals surface area contributed by atoms with Crippen LogP contribution < -0.4 is 4.72 Å². The second-order valence-electron chi connectivity index (χ2n) is 10.1. The van der Waals surface area contributed by atoms with Gasteiger partial charge in [0.15, 0.2) is 12.4 Å². The highest BCUT2D eigenvalue weighted by Gasteiger charge is 2.55. The first-order chi connectivity index (χ1) is 18.5. The topological polar surface area (TPSA) is 299 Å². The Morgan fingerprint density at radius 1 is 0.927 bits per heavy atom. The second kappa shape index (κ2) is 13.7. The molecule has 7 N–H and O–H groups in total. The summed E-state index contributed by atoms with van der Waals surface area (Å²) in [4.78, 5) is 12.0. The van der Waals surface area contributed by atoms with Gasteiger partial charge < -0.3 is 34.3 Å². The fraction of sp³-hybridized carbons (Fsp3) is 0.947. The molecule has 19 nitrogen and oxygen atoms in total. The van der Waals surface area contributed by atoms with Crippen LogP contribution in [0.25, 0.3) is 0 Å². The van der Waals surface area contributed by atoms with Crippen molar-refractivity contribution in [2.24, 2.45) is 11.8 Å². The van der Waals surface area contributed by atoms with Gasteiger partial charge in [0.2, 0.25) is 0 Å². The van der Waals surface area contributed by atoms with E-state index in [2.05, 4.69) is 4.18 Å². The van der Waals surface area contributed by atoms with Crippen LogP contribution in [0.5, 0.6) is 0 Å². The zero-order chi connectivity index (χ0) is 31.7. The molecule has 0 aromatic rings. The maximum atomic E-state index is 12.0. The maximum absolute atomic E-state index is 12.0. The lowest BCUT2D eigenvalue weighted by atomic mass is 9.87. The molecule has 0 bridgehead atoms. The van der Waals surface area contributed by atoms with Gasteiger partial charge in [0.25, 0.3) is 10.1 Å². The number of aliphatic carboxylic acids is 1. The third-order valence-corrected chi connectivity index (χ3v) is 7.96. The predicted octanol–water partition coefficient (Wildman–Crippen LogP) is -2.80. The Morgan fingerprint density at radius 2 is 1.51 bits per heavy atom. The molecule has 2 aliphatic heterocycles. The molecule has 22 heteroatoms. The molecule has 2 rings (SSSR count). The Kier molecular flexibility index (Phi) is 12.0. The average molecular weight is 662 g/mol. The number of ether oxygens (including phenoxy) is 4. The van der Waals surface area contributed by atoms with Crippen LogP contribution in [0.3, 0.4) is 0 Å². The standard InChI is InChI=1S/C19H35NO18S3/c1-7(2)14-11(20-40(28,29)30)13(22)15(10(36-14)5-34-41(31,32)33)37-19-9(6-39(25,26)27)12(21)16(35-8(3)4)17(38-19)18(23)24/h7-17,19-22H,5-6H2,1-4H3,(H,23,24)(H,25,26,27)(H,28,29,30)(H,31,32,33). The molecule has 2 heterocycles. The molecule has 0 amide bonds. The molecule has 41 heavy (non-hydrogen) atoms. The van der Waals surface area contributed by atoms with Crippen LogP contribution in [0.1, 0.15) is 27.7 Å². The molecule has 0 aromatic heterocycles. The van der Waals surface area contributed by atoms with Gasteiger partial charge in [0, 0.05) is 0 Å². The minimum Gasteiger partial charge on any atom is -0.479 e. The minimum atomic E-state index is -5.11. The first-order valence-corrected chi connectivity index (χ1v) is 16.4. The van der Waals surface area contributed by atoms with Gasteiger partial charge in [-0.05, 0) is 19.8 Å². The minimum absolute atomic E-state index is 0.622. The Labute approximate surface area is 236 Å². The van der Waals surface area contributed by atoms with E-state index in [-0.39, 0.29) is 0 Å². The normalized spacial score (nSPS) is 35.6. The molecule has 10 unspecified atom stereocenters. The third-order valence-electron chi connectivity index (χ3n) is 6.15. The van der Waals surface area contributed by atoms with Gasteiger partial charge in [-0.2, -0.15) is 30.0 Å². The number of carboxylic acids is 1. The highest BCUT2D eigenvalue weighted by Crippen LogP contribution is 2.35. The maximum Gasteiger partial charge on any atom is 0.397 e. The van der Waals surface area contributed by atoms with Crippen molar-refractivity contribution < 1.29 is 82.2 Å². The van der Waals surface area contributed by atoms with E-state index in [0.717, 1.165) is 0 Å². The van der Waals surface area contributed by atoms with E-state index in [4.69, 9.17) is 23.5 Å². The van der Waals surface area contributed by atoms with Crippen molar-refractivity contribution in [2.45, 2.75) is 88.9 Å². The summed E-state index contributed by atoms with van der Waals surface area (Å²) in [6.45, 7) is 4.91. The highest BCUT2D eigenvalue weighted by atomic mass is 32.3. The Balaban J connectivity index is 2.58. The van der Waals surface area contributed by atoms with Crippen molar-refractivity contribution >= 4 is 36.8 Å². The largest absolute Gasteiger partial charge is 0.479 e. The van der Waals surface area contributed by atoms with Gasteiger partial charge in [0.1, 0.15) is 24.4 Å². The molecule has 0 saturated carbocycles. The molecular weight excluding hydrogens is 626 g/mol. The summed E-state index contributed by atoms with van der Waals surface area (Å²) >= 11 is 0. The fourth-order valence-electron chi connectivity index (χ4n) is 4.60. The molecule has 0 aromatic carbocycles. The van der Waals surface area contributed by atoms with E-state index in [9.17, 15) is 54.5 Å². The van der Waals surface area contributed by atoms with Crippen molar-refractivity contribution in [3.8, 4) is 0 Å². The van der Waals surface area contributed by atoms with E-state index in [1.54, 1.807) is 4.72 Å². The number of carboxylic acid groups (broad SMARTS) is 1. The van der Waals surface area contributed by atoms with Crippen LogP contribution in [0.2, 0.25) is 0 Å². The number of rotatable bonds is 13. The summed E-state index contributed by atoms with van der Waals surface area (Å²) < 4.78 is 125. The molecule has 0 spiro atoms. The first kappa shape index (κ1) is 36.1. The SMILES string of the molecule is CC(C)OC1C(C(=O)O)OC(OC2C(COS(=O)(=O)O)OC(C(C)C)C(NS(=O)(=O)O)C2O)C(CS(=O)(=O)O)C1O. The number of hydrogen-bond acceptors (Lipinski definition) is 14. The first-order valence-electron chi connectivity index (χ1n) is 12.0. The fourth-order valence-corrected chi connectivity index (χ4v) is 6.36. The quantitative estimate of drug-likeness (QED) is 0.0981. The molecule has 10 atom stereocenters. The van der Waals surface area contributed by atoms with Crippen molar-refractivity contribution in [2.75, 3.05) is 12.4 Å². The Bertz CT molecular complexity index is 1220. The van der Waals surface area contributed by atoms with Gasteiger partial charge in [-0.3, -0.25) is 13.7 Å². The summed E-state index contributed by atoms with van der Waals surface area (Å²) in [5.74, 6) is -5.38. The summed E-state index contributed by atoms with van der Waals surface area (Å²) in [5.41, 5.74) is 0. The molecule has 0 aliphatic carbocycles. The van der Waals surface area contributed by atoms with Crippen molar-refractivity contribution in [1.82, 2.24) is 4.72 Å². The van der Waals surface area contributed by atoms with Gasteiger partial charge in [0.05, 0.1) is 42.6 Å². The molecule has 0 radical (unpaired) electrons. The van der Waals surface area contributed by atoms with E-state index in [1.165, 1.54) is 27.7 Å². The second-order valence-corrected chi connectivity index (χ2v) is 13.9. The lowest BCUT2D eigenvalue weighted by Crippen LogP contribution is -2.68. The summed E-state index contributed by atoms with van der Waals surface area (Å²) in [6.07, 6.45) is -15.5. The van der Waals surface area contributed by atoms with Crippen LogP contribution >= 0.6 is 0 Å². The lowest BCUT2D eigenvalue weighted by Gasteiger charge is -2.49. The molecule has 242 valence electrons. The van der Waals surface area contributed by atoms with Crippen molar-refractivity contribution in [1.29, 1.82) is 0 Å². The monoisotopic (exact) mass is 661 g/mol. The molecular formula is C19H35NO18S3. The highest BCUT2D eigenvalue weighted by molar-refractivity contribution is 7.85. The van der Waals surface area contributed by atoms with E-state index in [1.807, 2.05) is 0 Å². The van der Waals surface area contributed by atoms with E-state index < -0.39 is 122 Å². The number of carbonyl (C=O) groups is 1. The van der Waals surface area contributed by atoms with Gasteiger partial charge >= 0.3 is 26.7 Å². The zero-order valence-corrected chi connectivity index (χ0v) is 24.6. The summed E-state index contributed by atoms with van der Waals surface area (Å²) in [7, 11) is -15.0.